The van der Waals surface area contributed by atoms with Crippen LogP contribution in [0.2, 0.25) is 0 Å². The number of para-hydroxylation sites is 2. The number of amides is 2. The molecule has 4 aromatic carbocycles. The van der Waals surface area contributed by atoms with E-state index in [1.165, 1.54) is 0 Å². The van der Waals surface area contributed by atoms with Crippen LogP contribution in [0.25, 0.3) is 0 Å². The van der Waals surface area contributed by atoms with Crippen LogP contribution in [0.3, 0.4) is 0 Å². The summed E-state index contributed by atoms with van der Waals surface area (Å²) in [4.78, 5) is 39.9. The number of nitrogens with zero attached hydrogens (tertiary/aromatic N) is 4. The highest BCUT2D eigenvalue weighted by Gasteiger charge is 2.35. The van der Waals surface area contributed by atoms with Crippen molar-refractivity contribution in [2.75, 3.05) is 22.9 Å². The number of anilines is 2. The van der Waals surface area contributed by atoms with Gasteiger partial charge in [-0.25, -0.2) is 9.98 Å². The maximum Gasteiger partial charge on any atom is 0.277 e. The van der Waals surface area contributed by atoms with Crippen LogP contribution >= 0.6 is 0 Å². The van der Waals surface area contributed by atoms with E-state index in [0.29, 0.717) is 59.9 Å². The molecule has 2 amide bonds. The number of unbranched alkanes of at least 4 members (excludes halogenated alkanes) is 1. The quantitative estimate of drug-likeness (QED) is 0.209. The summed E-state index contributed by atoms with van der Waals surface area (Å²) in [6.07, 6.45) is 12.5. The van der Waals surface area contributed by atoms with Crippen LogP contribution in [0.4, 0.5) is 22.7 Å². The van der Waals surface area contributed by atoms with E-state index in [0.717, 1.165) is 22.5 Å². The lowest BCUT2D eigenvalue weighted by Crippen LogP contribution is -2.33. The topological polar surface area (TPSA) is 65.3 Å². The van der Waals surface area contributed by atoms with Gasteiger partial charge in [-0.15, -0.1) is 12.8 Å². The minimum Gasteiger partial charge on any atom is -0.306 e. The van der Waals surface area contributed by atoms with Gasteiger partial charge in [0.05, 0.1) is 22.7 Å². The summed E-state index contributed by atoms with van der Waals surface area (Å²) in [5.74, 6) is 4.93. The maximum absolute atomic E-state index is 13.5. The van der Waals surface area contributed by atoms with Gasteiger partial charge >= 0.3 is 0 Å². The molecule has 0 spiro atoms. The van der Waals surface area contributed by atoms with Crippen LogP contribution in [0.1, 0.15) is 35.1 Å². The SMILES string of the molecule is C#Cc1cccc(/N=C2/C(=O)N(CCCCN3C(=O)/C(=N/c4cccc(C#C)c4)c4ccccc43)c3ccccc32)c1. The molecule has 0 N–H and O–H groups in total. The van der Waals surface area contributed by atoms with Gasteiger partial charge in [0.25, 0.3) is 11.8 Å². The Labute approximate surface area is 245 Å². The van der Waals surface area contributed by atoms with Crippen molar-refractivity contribution in [3.05, 3.63) is 119 Å². The average Bonchev–Trinajstić information content (AvgIpc) is 3.45. The summed E-state index contributed by atoms with van der Waals surface area (Å²) in [5, 5.41) is 0. The van der Waals surface area contributed by atoms with Crippen molar-refractivity contribution >= 4 is 46.0 Å². The first-order valence-electron chi connectivity index (χ1n) is 13.7. The fourth-order valence-corrected chi connectivity index (χ4v) is 5.31. The third-order valence-electron chi connectivity index (χ3n) is 7.32. The number of hydrogen-bond acceptors (Lipinski definition) is 4. The number of terminal acetylenes is 2. The minimum absolute atomic E-state index is 0.145. The number of hydrogen-bond donors (Lipinski definition) is 0. The number of rotatable bonds is 7. The fraction of sp³-hybridized carbons (Fsp3) is 0.111. The smallest absolute Gasteiger partial charge is 0.277 e. The Morgan fingerprint density at radius 2 is 1.00 bits per heavy atom. The van der Waals surface area contributed by atoms with E-state index in [2.05, 4.69) is 21.8 Å². The molecule has 42 heavy (non-hydrogen) atoms. The highest BCUT2D eigenvalue weighted by molar-refractivity contribution is 6.55. The largest absolute Gasteiger partial charge is 0.306 e. The molecule has 0 aromatic heterocycles. The zero-order chi connectivity index (χ0) is 29.1. The van der Waals surface area contributed by atoms with E-state index in [4.69, 9.17) is 12.8 Å². The minimum atomic E-state index is -0.145. The Morgan fingerprint density at radius 1 is 0.571 bits per heavy atom. The monoisotopic (exact) mass is 546 g/mol. The third-order valence-corrected chi connectivity index (χ3v) is 7.32. The molecule has 6 nitrogen and oxygen atoms in total. The normalized spacial score (nSPS) is 15.6. The Balaban J connectivity index is 1.17. The molecule has 0 atom stereocenters. The number of aliphatic imine (C=N–C) groups is 2. The number of carbonyl (C=O) groups excluding carboxylic acids is 2. The molecule has 2 heterocycles. The van der Waals surface area contributed by atoms with Crippen molar-refractivity contribution in [1.82, 2.24) is 0 Å². The van der Waals surface area contributed by atoms with Gasteiger partial charge in [0.2, 0.25) is 0 Å². The van der Waals surface area contributed by atoms with Gasteiger partial charge in [0.15, 0.2) is 0 Å². The predicted octanol–water partition coefficient (Wildman–Crippen LogP) is 6.06. The first-order chi connectivity index (χ1) is 20.6. The lowest BCUT2D eigenvalue weighted by Gasteiger charge is -2.19. The standard InChI is InChI=1S/C36H26N4O2/c1-3-25-13-11-15-27(23-25)37-33-29-17-5-7-19-31(29)39(35(33)41)21-9-10-22-40-32-20-8-6-18-30(32)34(36(40)42)38-28-16-12-14-26(4-2)24-28/h1-2,5-8,11-20,23-24H,9-10,21-22H2/b37-33+,38-34+. The van der Waals surface area contributed by atoms with Gasteiger partial charge < -0.3 is 9.80 Å². The van der Waals surface area contributed by atoms with Crippen LogP contribution in [-0.4, -0.2) is 36.3 Å². The van der Waals surface area contributed by atoms with Gasteiger partial charge in [-0.3, -0.25) is 9.59 Å². The van der Waals surface area contributed by atoms with E-state index in [1.807, 2.05) is 84.9 Å². The van der Waals surface area contributed by atoms with Gasteiger partial charge in [-0.2, -0.15) is 0 Å². The highest BCUT2D eigenvalue weighted by atomic mass is 16.2. The van der Waals surface area contributed by atoms with Gasteiger partial charge in [0, 0.05) is 35.3 Å². The molecule has 0 fully saturated rings. The van der Waals surface area contributed by atoms with Crippen molar-refractivity contribution in [1.29, 1.82) is 0 Å². The molecule has 0 aliphatic carbocycles. The zero-order valence-electron chi connectivity index (χ0n) is 22.8. The van der Waals surface area contributed by atoms with Gasteiger partial charge in [0.1, 0.15) is 11.4 Å². The van der Waals surface area contributed by atoms with Crippen molar-refractivity contribution in [3.63, 3.8) is 0 Å². The molecular weight excluding hydrogens is 520 g/mol. The molecule has 0 bridgehead atoms. The summed E-state index contributed by atoms with van der Waals surface area (Å²) in [6, 6.07) is 29.9. The van der Waals surface area contributed by atoms with E-state index in [-0.39, 0.29) is 11.8 Å². The van der Waals surface area contributed by atoms with Crippen molar-refractivity contribution in [2.24, 2.45) is 9.98 Å². The summed E-state index contributed by atoms with van der Waals surface area (Å²) >= 11 is 0. The Hall–Kier alpha value is -5.72. The molecule has 2 aliphatic rings. The first kappa shape index (κ1) is 26.5. The summed E-state index contributed by atoms with van der Waals surface area (Å²) in [7, 11) is 0. The number of carbonyl (C=O) groups is 2. The van der Waals surface area contributed by atoms with E-state index in [9.17, 15) is 9.59 Å². The molecule has 202 valence electrons. The summed E-state index contributed by atoms with van der Waals surface area (Å²) in [5.41, 5.74) is 6.76. The van der Waals surface area contributed by atoms with Crippen molar-refractivity contribution in [3.8, 4) is 24.7 Å². The molecule has 4 aromatic rings. The Bertz CT molecular complexity index is 1730. The third kappa shape index (κ3) is 4.98. The first-order valence-corrected chi connectivity index (χ1v) is 13.7. The maximum atomic E-state index is 13.5. The Kier molecular flexibility index (Phi) is 7.20. The molecule has 0 saturated heterocycles. The molecular formula is C36H26N4O2. The van der Waals surface area contributed by atoms with E-state index >= 15 is 0 Å². The van der Waals surface area contributed by atoms with E-state index < -0.39 is 0 Å². The number of fused-ring (bicyclic) bond motifs is 2. The van der Waals surface area contributed by atoms with Crippen LogP contribution in [0.5, 0.6) is 0 Å². The van der Waals surface area contributed by atoms with Crippen LogP contribution in [0.15, 0.2) is 107 Å². The molecule has 0 radical (unpaired) electrons. The summed E-state index contributed by atoms with van der Waals surface area (Å²) in [6.45, 7) is 1.01. The fourth-order valence-electron chi connectivity index (χ4n) is 5.31. The molecule has 6 heteroatoms. The van der Waals surface area contributed by atoms with Crippen LogP contribution in [-0.2, 0) is 9.59 Å². The van der Waals surface area contributed by atoms with Crippen molar-refractivity contribution < 1.29 is 9.59 Å². The molecule has 6 rings (SSSR count). The second kappa shape index (κ2) is 11.4. The van der Waals surface area contributed by atoms with Crippen LogP contribution in [0, 0.1) is 24.7 Å². The highest BCUT2D eigenvalue weighted by Crippen LogP contribution is 2.33. The van der Waals surface area contributed by atoms with Crippen molar-refractivity contribution in [2.45, 2.75) is 12.8 Å². The van der Waals surface area contributed by atoms with Gasteiger partial charge in [-0.05, 0) is 61.4 Å². The average molecular weight is 547 g/mol. The van der Waals surface area contributed by atoms with Crippen LogP contribution < -0.4 is 9.80 Å². The number of benzene rings is 4. The lowest BCUT2D eigenvalue weighted by atomic mass is 10.1. The second-order valence-corrected chi connectivity index (χ2v) is 9.97. The Morgan fingerprint density at radius 3 is 1.43 bits per heavy atom. The molecule has 0 unspecified atom stereocenters. The summed E-state index contributed by atoms with van der Waals surface area (Å²) < 4.78 is 0. The van der Waals surface area contributed by atoms with E-state index in [1.54, 1.807) is 21.9 Å². The van der Waals surface area contributed by atoms with Gasteiger partial charge in [-0.1, -0.05) is 60.4 Å². The molecule has 2 aliphatic heterocycles. The predicted molar refractivity (Wildman–Crippen MR) is 168 cm³/mol. The zero-order valence-corrected chi connectivity index (χ0v) is 22.8. The molecule has 0 saturated carbocycles. The second-order valence-electron chi connectivity index (χ2n) is 9.97. The lowest BCUT2D eigenvalue weighted by molar-refractivity contribution is -0.113.